The highest BCUT2D eigenvalue weighted by Gasteiger charge is 2.23. The van der Waals surface area contributed by atoms with Crippen molar-refractivity contribution in [1.29, 1.82) is 0 Å². The van der Waals surface area contributed by atoms with Crippen LogP contribution < -0.4 is 9.47 Å². The fourth-order valence-corrected chi connectivity index (χ4v) is 3.64. The van der Waals surface area contributed by atoms with Gasteiger partial charge in [-0.15, -0.1) is 11.3 Å². The van der Waals surface area contributed by atoms with Gasteiger partial charge in [0.15, 0.2) is 12.4 Å². The molecule has 3 rings (SSSR count). The van der Waals surface area contributed by atoms with E-state index in [1.807, 2.05) is 31.2 Å². The Balaban J connectivity index is 1.69. The number of thiazole rings is 1. The molecule has 9 heteroatoms. The summed E-state index contributed by atoms with van der Waals surface area (Å²) in [7, 11) is 3.08. The molecule has 1 aromatic heterocycles. The largest absolute Gasteiger partial charge is 0.496 e. The van der Waals surface area contributed by atoms with Crippen molar-refractivity contribution in [3.63, 3.8) is 0 Å². The van der Waals surface area contributed by atoms with Crippen molar-refractivity contribution in [1.82, 2.24) is 9.88 Å². The van der Waals surface area contributed by atoms with Crippen molar-refractivity contribution in [3.8, 4) is 11.5 Å². The normalized spacial score (nSPS) is 11.8. The first-order valence-corrected chi connectivity index (χ1v) is 9.28. The predicted molar refractivity (Wildman–Crippen MR) is 106 cm³/mol. The van der Waals surface area contributed by atoms with Gasteiger partial charge in [0.1, 0.15) is 10.8 Å². The monoisotopic (exact) mass is 401 g/mol. The molecular weight excluding hydrogens is 382 g/mol. The number of nitrogens with zero attached hydrogens (tertiary/aromatic N) is 3. The van der Waals surface area contributed by atoms with Crippen molar-refractivity contribution in [2.24, 2.45) is 0 Å². The maximum Gasteiger partial charge on any atom is 0.314 e. The van der Waals surface area contributed by atoms with Crippen LogP contribution in [0.5, 0.6) is 11.5 Å². The zero-order valence-electron chi connectivity index (χ0n) is 15.6. The average Bonchev–Trinajstić information content (AvgIpc) is 3.14. The number of para-hydroxylation sites is 1. The lowest BCUT2D eigenvalue weighted by Gasteiger charge is -2.23. The Kier molecular flexibility index (Phi) is 5.74. The van der Waals surface area contributed by atoms with Crippen molar-refractivity contribution >= 4 is 33.1 Å². The molecule has 146 valence electrons. The number of likely N-dealkylation sites (N-methyl/N-ethyl adjacent to an activating group) is 1. The molecule has 0 radical (unpaired) electrons. The molecule has 0 spiro atoms. The number of methoxy groups -OCH3 is 1. The highest BCUT2D eigenvalue weighted by molar-refractivity contribution is 7.18. The number of aromatic nitrogens is 1. The fraction of sp³-hybridized carbons (Fsp3) is 0.263. The van der Waals surface area contributed by atoms with E-state index in [2.05, 4.69) is 4.98 Å². The van der Waals surface area contributed by atoms with Crippen molar-refractivity contribution in [3.05, 3.63) is 57.6 Å². The number of hydrogen-bond acceptors (Lipinski definition) is 7. The van der Waals surface area contributed by atoms with E-state index in [0.717, 1.165) is 15.2 Å². The molecule has 1 heterocycles. The molecule has 0 N–H and O–H groups in total. The molecule has 2 aromatic carbocycles. The van der Waals surface area contributed by atoms with Crippen LogP contribution in [0.15, 0.2) is 42.5 Å². The minimum atomic E-state index is -0.574. The number of nitro benzene ring substituents is 1. The summed E-state index contributed by atoms with van der Waals surface area (Å²) in [4.78, 5) is 29.3. The summed E-state index contributed by atoms with van der Waals surface area (Å²) >= 11 is 1.53. The van der Waals surface area contributed by atoms with E-state index < -0.39 is 4.92 Å². The van der Waals surface area contributed by atoms with Crippen LogP contribution in [0.2, 0.25) is 0 Å². The number of nitro groups is 1. The number of rotatable bonds is 7. The van der Waals surface area contributed by atoms with E-state index >= 15 is 0 Å². The number of carbonyl (C=O) groups excluding carboxylic acids is 1. The van der Waals surface area contributed by atoms with E-state index in [0.29, 0.717) is 5.75 Å². The smallest absolute Gasteiger partial charge is 0.314 e. The number of hydrogen-bond donors (Lipinski definition) is 0. The van der Waals surface area contributed by atoms with Gasteiger partial charge in [-0.3, -0.25) is 14.9 Å². The Morgan fingerprint density at radius 3 is 2.75 bits per heavy atom. The summed E-state index contributed by atoms with van der Waals surface area (Å²) in [6.45, 7) is 1.56. The third kappa shape index (κ3) is 4.04. The maximum atomic E-state index is 12.5. The molecule has 0 fully saturated rings. The fourth-order valence-electron chi connectivity index (χ4n) is 2.58. The molecule has 1 amide bonds. The summed E-state index contributed by atoms with van der Waals surface area (Å²) in [5, 5.41) is 12.0. The minimum Gasteiger partial charge on any atom is -0.496 e. The lowest BCUT2D eigenvalue weighted by molar-refractivity contribution is -0.385. The van der Waals surface area contributed by atoms with Crippen LogP contribution in [0.4, 0.5) is 5.69 Å². The molecule has 0 saturated heterocycles. The van der Waals surface area contributed by atoms with Crippen LogP contribution in [-0.4, -0.2) is 41.5 Å². The Morgan fingerprint density at radius 1 is 1.32 bits per heavy atom. The van der Waals surface area contributed by atoms with Crippen LogP contribution in [0.25, 0.3) is 10.2 Å². The van der Waals surface area contributed by atoms with Gasteiger partial charge in [-0.1, -0.05) is 12.1 Å². The van der Waals surface area contributed by atoms with Crippen molar-refractivity contribution < 1.29 is 19.2 Å². The highest BCUT2D eigenvalue weighted by Crippen LogP contribution is 2.32. The number of benzene rings is 2. The molecule has 1 atom stereocenters. The van der Waals surface area contributed by atoms with Gasteiger partial charge in [-0.05, 0) is 31.2 Å². The van der Waals surface area contributed by atoms with Crippen LogP contribution in [0, 0.1) is 10.1 Å². The Bertz CT molecular complexity index is 987. The molecule has 28 heavy (non-hydrogen) atoms. The maximum absolute atomic E-state index is 12.5. The number of amides is 1. The number of fused-ring (bicyclic) bond motifs is 1. The first-order valence-electron chi connectivity index (χ1n) is 8.47. The molecule has 0 unspecified atom stereocenters. The molecule has 3 aromatic rings. The molecule has 8 nitrogen and oxygen atoms in total. The summed E-state index contributed by atoms with van der Waals surface area (Å²) in [6, 6.07) is 11.7. The molecule has 0 aliphatic heterocycles. The van der Waals surface area contributed by atoms with Crippen molar-refractivity contribution in [2.45, 2.75) is 13.0 Å². The third-order valence-electron chi connectivity index (χ3n) is 4.36. The summed E-state index contributed by atoms with van der Waals surface area (Å²) in [5.74, 6) is 0.0454. The van der Waals surface area contributed by atoms with Gasteiger partial charge < -0.3 is 14.4 Å². The molecular formula is C19H19N3O5S. The minimum absolute atomic E-state index is 0.0141. The second kappa shape index (κ2) is 8.22. The van der Waals surface area contributed by atoms with Gasteiger partial charge in [0.25, 0.3) is 5.91 Å². The lowest BCUT2D eigenvalue weighted by Crippen LogP contribution is -2.33. The average molecular weight is 401 g/mol. The molecule has 0 saturated carbocycles. The van der Waals surface area contributed by atoms with Gasteiger partial charge in [0.2, 0.25) is 0 Å². The second-order valence-electron chi connectivity index (χ2n) is 6.08. The molecule has 0 bridgehead atoms. The van der Waals surface area contributed by atoms with Crippen LogP contribution in [-0.2, 0) is 4.79 Å². The van der Waals surface area contributed by atoms with E-state index in [1.54, 1.807) is 13.1 Å². The first kappa shape index (κ1) is 19.6. The van der Waals surface area contributed by atoms with E-state index in [1.165, 1.54) is 35.5 Å². The van der Waals surface area contributed by atoms with Gasteiger partial charge in [0.05, 0.1) is 34.4 Å². The second-order valence-corrected chi connectivity index (χ2v) is 7.14. The van der Waals surface area contributed by atoms with Gasteiger partial charge in [-0.25, -0.2) is 4.98 Å². The van der Waals surface area contributed by atoms with Crippen LogP contribution >= 0.6 is 11.3 Å². The Hall–Kier alpha value is -3.20. The van der Waals surface area contributed by atoms with E-state index in [4.69, 9.17) is 9.47 Å². The lowest BCUT2D eigenvalue weighted by atomic mass is 10.2. The Morgan fingerprint density at radius 2 is 2.07 bits per heavy atom. The van der Waals surface area contributed by atoms with Gasteiger partial charge >= 0.3 is 5.69 Å². The van der Waals surface area contributed by atoms with E-state index in [9.17, 15) is 14.9 Å². The topological polar surface area (TPSA) is 94.8 Å². The zero-order valence-corrected chi connectivity index (χ0v) is 16.4. The zero-order chi connectivity index (χ0) is 20.3. The third-order valence-corrected chi connectivity index (χ3v) is 5.56. The Labute approximate surface area is 165 Å². The summed E-state index contributed by atoms with van der Waals surface area (Å²) in [5.41, 5.74) is 0.634. The summed E-state index contributed by atoms with van der Waals surface area (Å²) in [6.07, 6.45) is 0. The number of ether oxygens (including phenoxy) is 2. The number of carbonyl (C=O) groups is 1. The standard InChI is InChI=1S/C19H19N3O5S/c1-12(19-20-14-6-4-5-7-17(14)28-19)21(2)18(23)11-27-16-9-8-13(26-3)10-15(16)22(24)25/h4-10,12H,11H2,1-3H3/t12-/m0/s1. The van der Waals surface area contributed by atoms with Crippen LogP contribution in [0.1, 0.15) is 18.0 Å². The van der Waals surface area contributed by atoms with Gasteiger partial charge in [0, 0.05) is 7.05 Å². The SMILES string of the molecule is COc1ccc(OCC(=O)N(C)[C@@H](C)c2nc3ccccc3s2)c([N+](=O)[O-])c1. The van der Waals surface area contributed by atoms with Gasteiger partial charge in [-0.2, -0.15) is 0 Å². The highest BCUT2D eigenvalue weighted by atomic mass is 32.1. The first-order chi connectivity index (χ1) is 13.4. The van der Waals surface area contributed by atoms with E-state index in [-0.39, 0.29) is 30.0 Å². The quantitative estimate of drug-likeness (QED) is 0.441. The summed E-state index contributed by atoms with van der Waals surface area (Å²) < 4.78 is 11.5. The van der Waals surface area contributed by atoms with Crippen LogP contribution in [0.3, 0.4) is 0 Å². The molecule has 0 aliphatic rings. The predicted octanol–water partition coefficient (Wildman–Crippen LogP) is 3.81. The molecule has 0 aliphatic carbocycles. The van der Waals surface area contributed by atoms with Crippen molar-refractivity contribution in [2.75, 3.05) is 20.8 Å².